The SMILES string of the molecule is COc1ccc(C(=O)O)cc1CC=C(C)CCC=C(C)C.[H-].[Na+]. The van der Waals surface area contributed by atoms with Crippen molar-refractivity contribution in [3.63, 3.8) is 0 Å². The van der Waals surface area contributed by atoms with Crippen molar-refractivity contribution in [1.82, 2.24) is 0 Å². The molecule has 0 spiro atoms. The largest absolute Gasteiger partial charge is 1.00 e. The summed E-state index contributed by atoms with van der Waals surface area (Å²) in [6.07, 6.45) is 7.11. The minimum Gasteiger partial charge on any atom is -1.00 e. The van der Waals surface area contributed by atoms with Crippen LogP contribution in [0.4, 0.5) is 0 Å². The fraction of sp³-hybridized carbons (Fsp3) is 0.389. The number of ether oxygens (including phenoxy) is 1. The molecule has 4 heteroatoms. The van der Waals surface area contributed by atoms with E-state index < -0.39 is 5.97 Å². The van der Waals surface area contributed by atoms with E-state index in [1.54, 1.807) is 25.3 Å². The second-order valence-corrected chi connectivity index (χ2v) is 5.41. The maximum atomic E-state index is 11.0. The van der Waals surface area contributed by atoms with Crippen LogP contribution in [0.1, 0.15) is 51.0 Å². The molecule has 0 saturated carbocycles. The zero-order valence-corrected chi connectivity index (χ0v) is 16.3. The number of methoxy groups -OCH3 is 1. The molecule has 1 N–H and O–H groups in total. The van der Waals surface area contributed by atoms with Gasteiger partial charge in [-0.2, -0.15) is 0 Å². The standard InChI is InChI=1S/C18H24O3.Na.H/c1-13(2)6-5-7-14(3)8-9-15-12-16(18(19)20)10-11-17(15)21-4;;/h6,8,10-12H,5,7,9H2,1-4H3,(H,19,20);;/q;+1;-1. The Kier molecular flexibility index (Phi) is 10.2. The van der Waals surface area contributed by atoms with E-state index in [0.29, 0.717) is 12.0 Å². The third kappa shape index (κ3) is 7.30. The molecule has 3 nitrogen and oxygen atoms in total. The second-order valence-electron chi connectivity index (χ2n) is 5.41. The Morgan fingerprint density at radius 2 is 1.95 bits per heavy atom. The molecule has 0 aliphatic rings. The summed E-state index contributed by atoms with van der Waals surface area (Å²) in [6, 6.07) is 4.96. The minimum atomic E-state index is -0.914. The van der Waals surface area contributed by atoms with Crippen molar-refractivity contribution in [2.75, 3.05) is 7.11 Å². The smallest absolute Gasteiger partial charge is 1.00 e. The minimum absolute atomic E-state index is 0. The Balaban J connectivity index is 0. The molecule has 0 aromatic heterocycles. The first-order chi connectivity index (χ1) is 9.93. The normalized spacial score (nSPS) is 10.6. The molecule has 0 amide bonds. The summed E-state index contributed by atoms with van der Waals surface area (Å²) in [5.74, 6) is -0.184. The van der Waals surface area contributed by atoms with Gasteiger partial charge in [0.15, 0.2) is 0 Å². The van der Waals surface area contributed by atoms with Crippen molar-refractivity contribution >= 4 is 5.97 Å². The first kappa shape index (κ1) is 21.0. The third-order valence-corrected chi connectivity index (χ3v) is 3.29. The molecule has 116 valence electrons. The van der Waals surface area contributed by atoms with Gasteiger partial charge in [-0.05, 0) is 63.8 Å². The van der Waals surface area contributed by atoms with Gasteiger partial charge in [-0.1, -0.05) is 23.3 Å². The molecular formula is C18H25NaO3. The van der Waals surface area contributed by atoms with Gasteiger partial charge < -0.3 is 11.3 Å². The number of aromatic carboxylic acids is 1. The van der Waals surface area contributed by atoms with Crippen LogP contribution in [0, 0.1) is 0 Å². The van der Waals surface area contributed by atoms with E-state index in [2.05, 4.69) is 32.9 Å². The zero-order valence-electron chi connectivity index (χ0n) is 15.3. The van der Waals surface area contributed by atoms with Gasteiger partial charge in [0.05, 0.1) is 12.7 Å². The van der Waals surface area contributed by atoms with Crippen LogP contribution in [0.25, 0.3) is 0 Å². The predicted molar refractivity (Wildman–Crippen MR) is 87.2 cm³/mol. The number of rotatable bonds is 7. The molecule has 1 aromatic rings. The number of benzene rings is 1. The van der Waals surface area contributed by atoms with Crippen molar-refractivity contribution in [2.45, 2.75) is 40.0 Å². The van der Waals surface area contributed by atoms with Gasteiger partial charge in [-0.15, -0.1) is 0 Å². The Bertz CT molecular complexity index is 561. The van der Waals surface area contributed by atoms with Crippen LogP contribution >= 0.6 is 0 Å². The summed E-state index contributed by atoms with van der Waals surface area (Å²) in [4.78, 5) is 11.0. The van der Waals surface area contributed by atoms with Crippen LogP contribution in [-0.4, -0.2) is 18.2 Å². The second kappa shape index (κ2) is 10.7. The summed E-state index contributed by atoms with van der Waals surface area (Å²) < 4.78 is 5.29. The van der Waals surface area contributed by atoms with Gasteiger partial charge in [-0.25, -0.2) is 4.79 Å². The molecule has 0 atom stereocenters. The van der Waals surface area contributed by atoms with Crippen molar-refractivity contribution in [2.24, 2.45) is 0 Å². The summed E-state index contributed by atoms with van der Waals surface area (Å²) in [5.41, 5.74) is 3.83. The molecule has 0 radical (unpaired) electrons. The number of carboxylic acids is 1. The van der Waals surface area contributed by atoms with Gasteiger partial charge in [0.25, 0.3) is 0 Å². The van der Waals surface area contributed by atoms with E-state index in [0.717, 1.165) is 24.2 Å². The molecule has 0 bridgehead atoms. The molecule has 0 fully saturated rings. The maximum Gasteiger partial charge on any atom is 1.00 e. The predicted octanol–water partition coefficient (Wildman–Crippen LogP) is 1.75. The van der Waals surface area contributed by atoms with Gasteiger partial charge in [-0.3, -0.25) is 0 Å². The molecule has 22 heavy (non-hydrogen) atoms. The van der Waals surface area contributed by atoms with Crippen molar-refractivity contribution in [3.8, 4) is 5.75 Å². The average Bonchev–Trinajstić information content (AvgIpc) is 2.44. The van der Waals surface area contributed by atoms with E-state index in [-0.39, 0.29) is 31.0 Å². The summed E-state index contributed by atoms with van der Waals surface area (Å²) in [6.45, 7) is 6.30. The van der Waals surface area contributed by atoms with Crippen LogP contribution in [0.3, 0.4) is 0 Å². The van der Waals surface area contributed by atoms with E-state index in [1.807, 2.05) is 0 Å². The Morgan fingerprint density at radius 3 is 2.50 bits per heavy atom. The van der Waals surface area contributed by atoms with Gasteiger partial charge in [0.1, 0.15) is 5.75 Å². The third-order valence-electron chi connectivity index (χ3n) is 3.29. The van der Waals surface area contributed by atoms with Gasteiger partial charge >= 0.3 is 35.5 Å². The Labute approximate surface area is 156 Å². The monoisotopic (exact) mass is 312 g/mol. The fourth-order valence-electron chi connectivity index (χ4n) is 2.05. The number of carbonyl (C=O) groups is 1. The molecule has 0 aliphatic carbocycles. The molecule has 0 unspecified atom stereocenters. The van der Waals surface area contributed by atoms with E-state index >= 15 is 0 Å². The Morgan fingerprint density at radius 1 is 1.27 bits per heavy atom. The summed E-state index contributed by atoms with van der Waals surface area (Å²) >= 11 is 0. The average molecular weight is 312 g/mol. The molecular weight excluding hydrogens is 287 g/mol. The molecule has 0 saturated heterocycles. The van der Waals surface area contributed by atoms with E-state index in [1.165, 1.54) is 11.1 Å². The summed E-state index contributed by atoms with van der Waals surface area (Å²) in [5, 5.41) is 9.06. The first-order valence-electron chi connectivity index (χ1n) is 7.13. The number of allylic oxidation sites excluding steroid dienone is 4. The topological polar surface area (TPSA) is 46.5 Å². The summed E-state index contributed by atoms with van der Waals surface area (Å²) in [7, 11) is 1.60. The van der Waals surface area contributed by atoms with Crippen LogP contribution in [0.5, 0.6) is 5.75 Å². The quantitative estimate of drug-likeness (QED) is 0.616. The molecule has 0 heterocycles. The Hall–Kier alpha value is -1.03. The van der Waals surface area contributed by atoms with Crippen LogP contribution in [0.2, 0.25) is 0 Å². The maximum absolute atomic E-state index is 11.0. The van der Waals surface area contributed by atoms with E-state index in [9.17, 15) is 4.79 Å². The number of carboxylic acid groups (broad SMARTS) is 1. The van der Waals surface area contributed by atoms with Crippen LogP contribution in [0.15, 0.2) is 41.5 Å². The first-order valence-corrected chi connectivity index (χ1v) is 7.13. The number of hydrogen-bond donors (Lipinski definition) is 1. The van der Waals surface area contributed by atoms with Crippen LogP contribution < -0.4 is 34.3 Å². The number of hydrogen-bond acceptors (Lipinski definition) is 2. The molecule has 1 rings (SSSR count). The molecule has 0 aliphatic heterocycles. The van der Waals surface area contributed by atoms with Crippen molar-refractivity contribution in [3.05, 3.63) is 52.6 Å². The van der Waals surface area contributed by atoms with Gasteiger partial charge in [0.2, 0.25) is 0 Å². The fourth-order valence-corrected chi connectivity index (χ4v) is 2.05. The van der Waals surface area contributed by atoms with E-state index in [4.69, 9.17) is 9.84 Å². The zero-order chi connectivity index (χ0) is 15.8. The van der Waals surface area contributed by atoms with Crippen molar-refractivity contribution < 1.29 is 45.6 Å². The van der Waals surface area contributed by atoms with Crippen LogP contribution in [-0.2, 0) is 6.42 Å². The molecule has 1 aromatic carbocycles. The van der Waals surface area contributed by atoms with Gasteiger partial charge in [0, 0.05) is 0 Å². The van der Waals surface area contributed by atoms with Crippen molar-refractivity contribution in [1.29, 1.82) is 0 Å².